The largest absolute Gasteiger partial charge is 0.383 e. The molecule has 1 aliphatic rings. The molecule has 2 heterocycles. The molecule has 1 aliphatic heterocycles. The van der Waals surface area contributed by atoms with E-state index in [0.29, 0.717) is 29.7 Å². The van der Waals surface area contributed by atoms with Crippen LogP contribution >= 0.6 is 11.6 Å². The molecule has 1 unspecified atom stereocenters. The third-order valence-corrected chi connectivity index (χ3v) is 8.98. The lowest BCUT2D eigenvalue weighted by Gasteiger charge is -2.35. The Morgan fingerprint density at radius 2 is 1.82 bits per heavy atom. The maximum Gasteiger partial charge on any atom is 0.249 e. The summed E-state index contributed by atoms with van der Waals surface area (Å²) in [6, 6.07) is 13.5. The number of methoxy groups -OCH3 is 1. The Bertz CT molecular complexity index is 1370. The van der Waals surface area contributed by atoms with Gasteiger partial charge < -0.3 is 14.2 Å². The van der Waals surface area contributed by atoms with Gasteiger partial charge in [-0.15, -0.1) is 0 Å². The summed E-state index contributed by atoms with van der Waals surface area (Å²) in [7, 11) is -2.44. The van der Waals surface area contributed by atoms with Crippen molar-refractivity contribution in [2.45, 2.75) is 56.4 Å². The maximum atomic E-state index is 13.6. The van der Waals surface area contributed by atoms with E-state index in [2.05, 4.69) is 30.9 Å². The first-order valence-electron chi connectivity index (χ1n) is 13.0. The zero-order valence-corrected chi connectivity index (χ0v) is 24.3. The van der Waals surface area contributed by atoms with Crippen LogP contribution in [0.1, 0.15) is 57.5 Å². The van der Waals surface area contributed by atoms with E-state index in [1.54, 1.807) is 41.3 Å². The van der Waals surface area contributed by atoms with Gasteiger partial charge in [0.05, 0.1) is 18.0 Å². The first-order chi connectivity index (χ1) is 18.5. The Kier molecular flexibility index (Phi) is 9.10. The predicted octanol–water partition coefficient (Wildman–Crippen LogP) is 5.08. The molecule has 0 radical (unpaired) electrons. The highest BCUT2D eigenvalue weighted by Gasteiger charge is 2.35. The molecular formula is C28H35ClN4O5S. The summed E-state index contributed by atoms with van der Waals surface area (Å²) in [6.45, 7) is 6.56. The Morgan fingerprint density at radius 3 is 2.46 bits per heavy atom. The second-order valence-electron chi connectivity index (χ2n) is 10.7. The molecule has 39 heavy (non-hydrogen) atoms. The van der Waals surface area contributed by atoms with Gasteiger partial charge >= 0.3 is 0 Å². The number of carbonyl (C=O) groups is 1. The highest BCUT2D eigenvalue weighted by molar-refractivity contribution is 7.89. The highest BCUT2D eigenvalue weighted by atomic mass is 35.5. The lowest BCUT2D eigenvalue weighted by atomic mass is 9.87. The number of hydrogen-bond donors (Lipinski definition) is 0. The number of likely N-dealkylation sites (tertiary alicyclic amines) is 1. The molecule has 210 valence electrons. The maximum absolute atomic E-state index is 13.6. The summed E-state index contributed by atoms with van der Waals surface area (Å²) < 4.78 is 39.1. The minimum absolute atomic E-state index is 0.0470. The zero-order valence-electron chi connectivity index (χ0n) is 22.8. The molecule has 4 rings (SSSR count). The summed E-state index contributed by atoms with van der Waals surface area (Å²) in [4.78, 5) is 20.0. The molecule has 0 spiro atoms. The van der Waals surface area contributed by atoms with Crippen molar-refractivity contribution in [3.8, 4) is 11.4 Å². The number of carbonyl (C=O) groups excluding carboxylic acids is 1. The molecule has 0 aliphatic carbocycles. The average molecular weight is 575 g/mol. The van der Waals surface area contributed by atoms with Crippen LogP contribution in [0.15, 0.2) is 57.9 Å². The SMILES string of the molecule is COCCN(CC(=O)N1CCCCC1c1nc(-c2ccc(Cl)cc2)no1)S(=O)(=O)c1ccc(C(C)(C)C)cc1. The fraction of sp³-hybridized carbons (Fsp3) is 0.464. The number of halogens is 1. The molecule has 0 saturated carbocycles. The van der Waals surface area contributed by atoms with Crippen LogP contribution in [-0.2, 0) is 25.0 Å². The number of amides is 1. The van der Waals surface area contributed by atoms with E-state index in [9.17, 15) is 13.2 Å². The first-order valence-corrected chi connectivity index (χ1v) is 14.8. The quantitative estimate of drug-likeness (QED) is 0.351. The Morgan fingerprint density at radius 1 is 1.13 bits per heavy atom. The highest BCUT2D eigenvalue weighted by Crippen LogP contribution is 2.32. The molecule has 9 nitrogen and oxygen atoms in total. The molecule has 11 heteroatoms. The molecular weight excluding hydrogens is 540 g/mol. The fourth-order valence-corrected chi connectivity index (χ4v) is 6.07. The van der Waals surface area contributed by atoms with Crippen LogP contribution in [0.3, 0.4) is 0 Å². The van der Waals surface area contributed by atoms with E-state index < -0.39 is 16.1 Å². The molecule has 1 atom stereocenters. The topological polar surface area (TPSA) is 106 Å². The molecule has 3 aromatic rings. The lowest BCUT2D eigenvalue weighted by Crippen LogP contribution is -2.46. The van der Waals surface area contributed by atoms with E-state index in [-0.39, 0.29) is 35.9 Å². The van der Waals surface area contributed by atoms with Crippen molar-refractivity contribution in [1.29, 1.82) is 0 Å². The number of sulfonamides is 1. The van der Waals surface area contributed by atoms with Gasteiger partial charge in [0.1, 0.15) is 6.04 Å². The van der Waals surface area contributed by atoms with Crippen LogP contribution in [0, 0.1) is 0 Å². The van der Waals surface area contributed by atoms with Gasteiger partial charge in [-0.3, -0.25) is 4.79 Å². The van der Waals surface area contributed by atoms with Crippen LogP contribution < -0.4 is 0 Å². The summed E-state index contributed by atoms with van der Waals surface area (Å²) in [5.74, 6) is 0.414. The van der Waals surface area contributed by atoms with Crippen molar-refractivity contribution in [3.63, 3.8) is 0 Å². The minimum Gasteiger partial charge on any atom is -0.383 e. The van der Waals surface area contributed by atoms with Crippen molar-refractivity contribution < 1.29 is 22.5 Å². The van der Waals surface area contributed by atoms with Gasteiger partial charge in [-0.2, -0.15) is 9.29 Å². The number of nitrogens with zero attached hydrogens (tertiary/aromatic N) is 4. The second-order valence-corrected chi connectivity index (χ2v) is 13.0. The summed E-state index contributed by atoms with van der Waals surface area (Å²) in [6.07, 6.45) is 2.34. The first kappa shape index (κ1) is 29.2. The third kappa shape index (κ3) is 6.87. The van der Waals surface area contributed by atoms with Crippen molar-refractivity contribution in [2.24, 2.45) is 0 Å². The van der Waals surface area contributed by atoms with E-state index in [4.69, 9.17) is 20.9 Å². The fourth-order valence-electron chi connectivity index (χ4n) is 4.57. The Hall–Kier alpha value is -2.79. The van der Waals surface area contributed by atoms with Gasteiger partial charge in [0.15, 0.2) is 0 Å². The van der Waals surface area contributed by atoms with Gasteiger partial charge in [0, 0.05) is 30.8 Å². The van der Waals surface area contributed by atoms with Crippen molar-refractivity contribution in [2.75, 3.05) is 33.4 Å². The zero-order chi connectivity index (χ0) is 28.2. The smallest absolute Gasteiger partial charge is 0.249 e. The van der Waals surface area contributed by atoms with Crippen molar-refractivity contribution in [1.82, 2.24) is 19.3 Å². The standard InChI is InChI=1S/C28H35ClN4O5S/c1-28(2,3)21-10-14-23(15-11-21)39(35,36)32(17-18-37-4)19-25(34)33-16-6-5-7-24(33)27-30-26(31-38-27)20-8-12-22(29)13-9-20/h8-15,24H,5-7,16-19H2,1-4H3. The number of piperidine rings is 1. The van der Waals surface area contributed by atoms with Crippen LogP contribution in [-0.4, -0.2) is 67.0 Å². The van der Waals surface area contributed by atoms with Gasteiger partial charge in [-0.25, -0.2) is 8.42 Å². The van der Waals surface area contributed by atoms with E-state index >= 15 is 0 Å². The van der Waals surface area contributed by atoms with E-state index in [0.717, 1.165) is 24.0 Å². The number of ether oxygens (including phenoxy) is 1. The van der Waals surface area contributed by atoms with Crippen LogP contribution in [0.5, 0.6) is 0 Å². The predicted molar refractivity (Wildman–Crippen MR) is 149 cm³/mol. The molecule has 0 bridgehead atoms. The van der Waals surface area contributed by atoms with E-state index in [1.165, 1.54) is 11.4 Å². The summed E-state index contributed by atoms with van der Waals surface area (Å²) in [5.41, 5.74) is 1.66. The van der Waals surface area contributed by atoms with Gasteiger partial charge in [-0.05, 0) is 66.6 Å². The second kappa shape index (κ2) is 12.2. The van der Waals surface area contributed by atoms with Gasteiger partial charge in [0.25, 0.3) is 0 Å². The monoisotopic (exact) mass is 574 g/mol. The lowest BCUT2D eigenvalue weighted by molar-refractivity contribution is -0.136. The van der Waals surface area contributed by atoms with Crippen LogP contribution in [0.4, 0.5) is 0 Å². The molecule has 1 amide bonds. The van der Waals surface area contributed by atoms with Crippen molar-refractivity contribution >= 4 is 27.5 Å². The van der Waals surface area contributed by atoms with Crippen LogP contribution in [0.2, 0.25) is 5.02 Å². The molecule has 1 aromatic heterocycles. The third-order valence-electron chi connectivity index (χ3n) is 6.87. The number of hydrogen-bond acceptors (Lipinski definition) is 7. The molecule has 1 saturated heterocycles. The molecule has 2 aromatic carbocycles. The summed E-state index contributed by atoms with van der Waals surface area (Å²) >= 11 is 5.99. The van der Waals surface area contributed by atoms with E-state index in [1.807, 2.05) is 12.1 Å². The van der Waals surface area contributed by atoms with Crippen molar-refractivity contribution in [3.05, 3.63) is 65.0 Å². The summed E-state index contributed by atoms with van der Waals surface area (Å²) in [5, 5.41) is 4.70. The van der Waals surface area contributed by atoms with Gasteiger partial charge in [0.2, 0.25) is 27.6 Å². The number of rotatable bonds is 9. The number of benzene rings is 2. The molecule has 0 N–H and O–H groups in total. The normalized spacial score (nSPS) is 16.6. The van der Waals surface area contributed by atoms with Gasteiger partial charge in [-0.1, -0.05) is 49.7 Å². The molecule has 1 fully saturated rings. The number of aromatic nitrogens is 2. The average Bonchev–Trinajstić information content (AvgIpc) is 3.41. The Balaban J connectivity index is 1.55. The minimum atomic E-state index is -3.94. The Labute approximate surface area is 235 Å². The van der Waals surface area contributed by atoms with Crippen LogP contribution in [0.25, 0.3) is 11.4 Å².